The maximum Gasteiger partial charge on any atom is 0.187 e. The van der Waals surface area contributed by atoms with Crippen molar-refractivity contribution in [3.05, 3.63) is 53.0 Å². The molecular weight excluding hydrogens is 264 g/mol. The van der Waals surface area contributed by atoms with Gasteiger partial charge in [-0.25, -0.2) is 8.78 Å². The summed E-state index contributed by atoms with van der Waals surface area (Å²) in [6, 6.07) is 4.36. The molecule has 1 aromatic carbocycles. The average molecular weight is 279 g/mol. The van der Waals surface area contributed by atoms with Crippen molar-refractivity contribution < 1.29 is 18.3 Å². The minimum absolute atomic E-state index is 0.137. The third-order valence-corrected chi connectivity index (χ3v) is 3.68. The number of aryl methyl sites for hydroxylation is 1. The van der Waals surface area contributed by atoms with E-state index in [0.29, 0.717) is 12.1 Å². The van der Waals surface area contributed by atoms with Crippen LogP contribution in [-0.4, -0.2) is 5.11 Å². The van der Waals surface area contributed by atoms with Crippen LogP contribution in [0, 0.1) is 11.6 Å². The summed E-state index contributed by atoms with van der Waals surface area (Å²) in [5, 5.41) is 12.3. The van der Waals surface area contributed by atoms with Crippen LogP contribution < -0.4 is 5.32 Å². The predicted molar refractivity (Wildman–Crippen MR) is 69.2 cm³/mol. The van der Waals surface area contributed by atoms with E-state index >= 15 is 0 Å². The average Bonchev–Trinajstić information content (AvgIpc) is 2.91. The van der Waals surface area contributed by atoms with E-state index in [1.807, 2.05) is 6.07 Å². The molecule has 0 aliphatic heterocycles. The summed E-state index contributed by atoms with van der Waals surface area (Å²) in [6.45, 7) is 0.337. The Morgan fingerprint density at radius 3 is 2.80 bits per heavy atom. The largest absolute Gasteiger partial charge is 0.503 e. The van der Waals surface area contributed by atoms with Gasteiger partial charge in [0.1, 0.15) is 5.76 Å². The number of fused-ring (bicyclic) bond motifs is 1. The van der Waals surface area contributed by atoms with E-state index < -0.39 is 17.4 Å². The SMILES string of the molecule is Oc1c(F)cc(CNC2CCCc3occc32)cc1F. The van der Waals surface area contributed by atoms with E-state index in [1.165, 1.54) is 0 Å². The van der Waals surface area contributed by atoms with E-state index in [9.17, 15) is 8.78 Å². The van der Waals surface area contributed by atoms with Gasteiger partial charge in [0.15, 0.2) is 17.4 Å². The van der Waals surface area contributed by atoms with Crippen LogP contribution in [0.1, 0.15) is 35.8 Å². The summed E-state index contributed by atoms with van der Waals surface area (Å²) < 4.78 is 31.9. The maximum atomic E-state index is 13.3. The van der Waals surface area contributed by atoms with Crippen molar-refractivity contribution in [1.82, 2.24) is 5.32 Å². The molecule has 0 radical (unpaired) electrons. The summed E-state index contributed by atoms with van der Waals surface area (Å²) in [5.41, 5.74) is 1.59. The molecular formula is C15H15F2NO2. The third kappa shape index (κ3) is 2.41. The molecule has 3 rings (SSSR count). The van der Waals surface area contributed by atoms with E-state index in [2.05, 4.69) is 5.32 Å². The van der Waals surface area contributed by atoms with Gasteiger partial charge < -0.3 is 14.8 Å². The number of nitrogens with one attached hydrogen (secondary N) is 1. The van der Waals surface area contributed by atoms with Gasteiger partial charge >= 0.3 is 0 Å². The van der Waals surface area contributed by atoms with Gasteiger partial charge in [0.05, 0.1) is 6.26 Å². The van der Waals surface area contributed by atoms with Gasteiger partial charge in [-0.15, -0.1) is 0 Å². The molecule has 0 amide bonds. The Morgan fingerprint density at radius 1 is 1.30 bits per heavy atom. The zero-order valence-corrected chi connectivity index (χ0v) is 10.8. The van der Waals surface area contributed by atoms with Crippen LogP contribution >= 0.6 is 0 Å². The summed E-state index contributed by atoms with van der Waals surface area (Å²) in [6.07, 6.45) is 4.60. The lowest BCUT2D eigenvalue weighted by molar-refractivity contribution is 0.392. The molecule has 3 nitrogen and oxygen atoms in total. The van der Waals surface area contributed by atoms with Crippen molar-refractivity contribution in [2.75, 3.05) is 0 Å². The van der Waals surface area contributed by atoms with Crippen LogP contribution in [0.25, 0.3) is 0 Å². The summed E-state index contributed by atoms with van der Waals surface area (Å²) in [7, 11) is 0. The zero-order chi connectivity index (χ0) is 14.1. The molecule has 106 valence electrons. The Kier molecular flexibility index (Phi) is 3.44. The highest BCUT2D eigenvalue weighted by molar-refractivity contribution is 5.30. The van der Waals surface area contributed by atoms with Gasteiger partial charge in [-0.2, -0.15) is 0 Å². The molecule has 1 aromatic heterocycles. The van der Waals surface area contributed by atoms with Crippen molar-refractivity contribution in [2.45, 2.75) is 31.8 Å². The van der Waals surface area contributed by atoms with Crippen molar-refractivity contribution in [1.29, 1.82) is 0 Å². The van der Waals surface area contributed by atoms with Gasteiger partial charge in [-0.1, -0.05) is 0 Å². The molecule has 20 heavy (non-hydrogen) atoms. The lowest BCUT2D eigenvalue weighted by Gasteiger charge is -2.23. The first-order chi connectivity index (χ1) is 9.65. The van der Waals surface area contributed by atoms with Crippen LogP contribution in [-0.2, 0) is 13.0 Å². The Balaban J connectivity index is 1.72. The van der Waals surface area contributed by atoms with E-state index in [1.54, 1.807) is 6.26 Å². The van der Waals surface area contributed by atoms with E-state index in [-0.39, 0.29) is 6.04 Å². The second kappa shape index (κ2) is 5.25. The first-order valence-corrected chi connectivity index (χ1v) is 6.61. The van der Waals surface area contributed by atoms with Gasteiger partial charge in [-0.05, 0) is 36.6 Å². The number of furan rings is 1. The fourth-order valence-corrected chi connectivity index (χ4v) is 2.66. The molecule has 1 heterocycles. The van der Waals surface area contributed by atoms with Crippen molar-refractivity contribution in [3.8, 4) is 5.75 Å². The highest BCUT2D eigenvalue weighted by Gasteiger charge is 2.22. The van der Waals surface area contributed by atoms with Crippen LogP contribution in [0.3, 0.4) is 0 Å². The van der Waals surface area contributed by atoms with E-state index in [0.717, 1.165) is 42.7 Å². The molecule has 1 atom stereocenters. The number of halogens is 2. The monoisotopic (exact) mass is 279 g/mol. The molecule has 2 aromatic rings. The molecule has 1 aliphatic rings. The molecule has 0 bridgehead atoms. The summed E-state index contributed by atoms with van der Waals surface area (Å²) >= 11 is 0. The van der Waals surface area contributed by atoms with E-state index in [4.69, 9.17) is 9.52 Å². The molecule has 2 N–H and O–H groups in total. The summed E-state index contributed by atoms with van der Waals surface area (Å²) in [4.78, 5) is 0. The molecule has 0 saturated carbocycles. The number of hydrogen-bond acceptors (Lipinski definition) is 3. The fourth-order valence-electron chi connectivity index (χ4n) is 2.66. The van der Waals surface area contributed by atoms with Crippen molar-refractivity contribution in [2.24, 2.45) is 0 Å². The van der Waals surface area contributed by atoms with Crippen LogP contribution in [0.2, 0.25) is 0 Å². The minimum Gasteiger partial charge on any atom is -0.503 e. The Hall–Kier alpha value is -1.88. The second-order valence-electron chi connectivity index (χ2n) is 5.03. The first kappa shape index (κ1) is 13.1. The number of benzene rings is 1. The number of rotatable bonds is 3. The zero-order valence-electron chi connectivity index (χ0n) is 10.8. The fraction of sp³-hybridized carbons (Fsp3) is 0.333. The van der Waals surface area contributed by atoms with Crippen molar-refractivity contribution >= 4 is 0 Å². The quantitative estimate of drug-likeness (QED) is 0.904. The molecule has 5 heteroatoms. The first-order valence-electron chi connectivity index (χ1n) is 6.61. The van der Waals surface area contributed by atoms with Gasteiger partial charge in [0, 0.05) is 24.6 Å². The number of aromatic hydroxyl groups is 1. The topological polar surface area (TPSA) is 45.4 Å². The predicted octanol–water partition coefficient (Wildman–Crippen LogP) is 3.43. The Morgan fingerprint density at radius 2 is 2.05 bits per heavy atom. The minimum atomic E-state index is -0.936. The lowest BCUT2D eigenvalue weighted by Crippen LogP contribution is -2.24. The standard InChI is InChI=1S/C15H15F2NO2/c16-11-6-9(7-12(17)15(11)19)8-18-13-2-1-3-14-10(13)4-5-20-14/h4-7,13,18-19H,1-3,8H2. The number of phenolic OH excluding ortho intramolecular Hbond substituents is 1. The van der Waals surface area contributed by atoms with Crippen LogP contribution in [0.4, 0.5) is 8.78 Å². The molecule has 1 aliphatic carbocycles. The maximum absolute atomic E-state index is 13.3. The highest BCUT2D eigenvalue weighted by Crippen LogP contribution is 2.31. The number of phenols is 1. The third-order valence-electron chi connectivity index (χ3n) is 3.68. The normalized spacial score (nSPS) is 18.0. The molecule has 0 fully saturated rings. The number of hydrogen-bond donors (Lipinski definition) is 2. The molecule has 1 unspecified atom stereocenters. The van der Waals surface area contributed by atoms with Crippen LogP contribution in [0.5, 0.6) is 5.75 Å². The smallest absolute Gasteiger partial charge is 0.187 e. The Labute approximate surface area is 115 Å². The van der Waals surface area contributed by atoms with Crippen LogP contribution in [0.15, 0.2) is 28.9 Å². The van der Waals surface area contributed by atoms with Crippen molar-refractivity contribution in [3.63, 3.8) is 0 Å². The van der Waals surface area contributed by atoms with Gasteiger partial charge in [0.2, 0.25) is 0 Å². The molecule has 0 spiro atoms. The summed E-state index contributed by atoms with van der Waals surface area (Å²) in [5.74, 6) is -1.82. The molecule has 0 saturated heterocycles. The lowest BCUT2D eigenvalue weighted by atomic mass is 9.93. The highest BCUT2D eigenvalue weighted by atomic mass is 19.1. The second-order valence-corrected chi connectivity index (χ2v) is 5.03. The Bertz CT molecular complexity index is 601. The van der Waals surface area contributed by atoms with Gasteiger partial charge in [-0.3, -0.25) is 0 Å². The van der Waals surface area contributed by atoms with Gasteiger partial charge in [0.25, 0.3) is 0 Å².